The van der Waals surface area contributed by atoms with Crippen LogP contribution in [0.3, 0.4) is 0 Å². The SMILES string of the molecule is COc1cccc([C@@H](C)NC(=O)CCC2CCNCC2)c1. The maximum atomic E-state index is 12.1. The number of benzene rings is 1. The van der Waals surface area contributed by atoms with Crippen LogP contribution in [0.2, 0.25) is 0 Å². The van der Waals surface area contributed by atoms with Crippen molar-refractivity contribution in [2.75, 3.05) is 20.2 Å². The summed E-state index contributed by atoms with van der Waals surface area (Å²) in [7, 11) is 1.65. The van der Waals surface area contributed by atoms with Crippen molar-refractivity contribution >= 4 is 5.91 Å². The summed E-state index contributed by atoms with van der Waals surface area (Å²) in [4.78, 5) is 12.1. The van der Waals surface area contributed by atoms with E-state index in [0.717, 1.165) is 30.8 Å². The number of nitrogens with one attached hydrogen (secondary N) is 2. The zero-order valence-corrected chi connectivity index (χ0v) is 13.0. The van der Waals surface area contributed by atoms with E-state index in [2.05, 4.69) is 10.6 Å². The fourth-order valence-corrected chi connectivity index (χ4v) is 2.81. The van der Waals surface area contributed by atoms with Gasteiger partial charge in [-0.2, -0.15) is 0 Å². The van der Waals surface area contributed by atoms with Crippen molar-refractivity contribution in [2.45, 2.75) is 38.6 Å². The molecule has 2 N–H and O–H groups in total. The largest absolute Gasteiger partial charge is 0.497 e. The third-order valence-electron chi connectivity index (χ3n) is 4.21. The van der Waals surface area contributed by atoms with Crippen LogP contribution >= 0.6 is 0 Å². The molecule has 1 saturated heterocycles. The van der Waals surface area contributed by atoms with Gasteiger partial charge >= 0.3 is 0 Å². The highest BCUT2D eigenvalue weighted by Crippen LogP contribution is 2.20. The van der Waals surface area contributed by atoms with E-state index in [1.165, 1.54) is 12.8 Å². The number of carbonyl (C=O) groups excluding carboxylic acids is 1. The van der Waals surface area contributed by atoms with Gasteiger partial charge in [-0.15, -0.1) is 0 Å². The zero-order valence-electron chi connectivity index (χ0n) is 13.0. The van der Waals surface area contributed by atoms with Gasteiger partial charge in [-0.1, -0.05) is 12.1 Å². The van der Waals surface area contributed by atoms with Crippen LogP contribution in [0, 0.1) is 5.92 Å². The summed E-state index contributed by atoms with van der Waals surface area (Å²) in [5, 5.41) is 6.43. The Balaban J connectivity index is 1.78. The summed E-state index contributed by atoms with van der Waals surface area (Å²) in [6.07, 6.45) is 4.01. The van der Waals surface area contributed by atoms with Crippen LogP contribution in [0.5, 0.6) is 5.75 Å². The quantitative estimate of drug-likeness (QED) is 0.847. The van der Waals surface area contributed by atoms with Gasteiger partial charge in [0.05, 0.1) is 13.2 Å². The second-order valence-electron chi connectivity index (χ2n) is 5.80. The molecule has 0 radical (unpaired) electrons. The normalized spacial score (nSPS) is 17.2. The number of amides is 1. The fraction of sp³-hybridized carbons (Fsp3) is 0.588. The smallest absolute Gasteiger partial charge is 0.220 e. The third-order valence-corrected chi connectivity index (χ3v) is 4.21. The van der Waals surface area contributed by atoms with E-state index < -0.39 is 0 Å². The summed E-state index contributed by atoms with van der Waals surface area (Å²) in [5.74, 6) is 1.66. The van der Waals surface area contributed by atoms with E-state index in [9.17, 15) is 4.79 Å². The third kappa shape index (κ3) is 5.05. The number of hydrogen-bond donors (Lipinski definition) is 2. The molecule has 116 valence electrons. The first-order chi connectivity index (χ1) is 10.2. The van der Waals surface area contributed by atoms with Crippen LogP contribution in [0.25, 0.3) is 0 Å². The maximum Gasteiger partial charge on any atom is 0.220 e. The van der Waals surface area contributed by atoms with E-state index in [4.69, 9.17) is 4.74 Å². The van der Waals surface area contributed by atoms with Gasteiger partial charge < -0.3 is 15.4 Å². The minimum atomic E-state index is 0.0145. The van der Waals surface area contributed by atoms with Crippen molar-refractivity contribution in [3.05, 3.63) is 29.8 Å². The number of piperidine rings is 1. The molecule has 1 atom stereocenters. The predicted molar refractivity (Wildman–Crippen MR) is 84.4 cm³/mol. The molecule has 1 fully saturated rings. The van der Waals surface area contributed by atoms with E-state index in [1.807, 2.05) is 31.2 Å². The molecule has 4 heteroatoms. The van der Waals surface area contributed by atoms with Crippen LogP contribution in [0.4, 0.5) is 0 Å². The molecule has 1 heterocycles. The second-order valence-corrected chi connectivity index (χ2v) is 5.80. The Hall–Kier alpha value is -1.55. The van der Waals surface area contributed by atoms with E-state index in [-0.39, 0.29) is 11.9 Å². The number of ether oxygens (including phenoxy) is 1. The molecule has 2 rings (SSSR count). The van der Waals surface area contributed by atoms with E-state index in [1.54, 1.807) is 7.11 Å². The van der Waals surface area contributed by atoms with E-state index >= 15 is 0 Å². The monoisotopic (exact) mass is 290 g/mol. The molecule has 1 aliphatic heterocycles. The van der Waals surface area contributed by atoms with Gasteiger partial charge in [0.1, 0.15) is 5.75 Å². The average Bonchev–Trinajstić information content (AvgIpc) is 2.54. The lowest BCUT2D eigenvalue weighted by molar-refractivity contribution is -0.122. The Morgan fingerprint density at radius 2 is 2.19 bits per heavy atom. The summed E-state index contributed by atoms with van der Waals surface area (Å²) in [5.41, 5.74) is 1.07. The number of rotatable bonds is 6. The minimum absolute atomic E-state index is 0.0145. The van der Waals surface area contributed by atoms with Gasteiger partial charge in [-0.05, 0) is 62.9 Å². The van der Waals surface area contributed by atoms with Crippen molar-refractivity contribution in [2.24, 2.45) is 5.92 Å². The van der Waals surface area contributed by atoms with Crippen LogP contribution in [-0.4, -0.2) is 26.1 Å². The topological polar surface area (TPSA) is 50.4 Å². The van der Waals surface area contributed by atoms with Crippen molar-refractivity contribution in [3.8, 4) is 5.75 Å². The van der Waals surface area contributed by atoms with Crippen molar-refractivity contribution in [1.82, 2.24) is 10.6 Å². The van der Waals surface area contributed by atoms with Crippen LogP contribution in [0.15, 0.2) is 24.3 Å². The molecule has 0 unspecified atom stereocenters. The van der Waals surface area contributed by atoms with Gasteiger partial charge in [-0.3, -0.25) is 4.79 Å². The van der Waals surface area contributed by atoms with Gasteiger partial charge in [-0.25, -0.2) is 0 Å². The molecule has 1 aromatic rings. The Bertz CT molecular complexity index is 456. The molecule has 1 aliphatic rings. The van der Waals surface area contributed by atoms with Gasteiger partial charge in [0.25, 0.3) is 0 Å². The molecule has 0 saturated carbocycles. The lowest BCUT2D eigenvalue weighted by atomic mass is 9.93. The highest BCUT2D eigenvalue weighted by molar-refractivity contribution is 5.76. The van der Waals surface area contributed by atoms with Crippen LogP contribution in [0.1, 0.15) is 44.2 Å². The Labute approximate surface area is 127 Å². The van der Waals surface area contributed by atoms with Crippen molar-refractivity contribution in [1.29, 1.82) is 0 Å². The van der Waals surface area contributed by atoms with Crippen molar-refractivity contribution < 1.29 is 9.53 Å². The van der Waals surface area contributed by atoms with Gasteiger partial charge in [0.2, 0.25) is 5.91 Å². The molecule has 21 heavy (non-hydrogen) atoms. The number of methoxy groups -OCH3 is 1. The number of carbonyl (C=O) groups is 1. The lowest BCUT2D eigenvalue weighted by Gasteiger charge is -2.22. The van der Waals surface area contributed by atoms with Crippen molar-refractivity contribution in [3.63, 3.8) is 0 Å². The molecule has 4 nitrogen and oxygen atoms in total. The Morgan fingerprint density at radius 1 is 1.43 bits per heavy atom. The van der Waals surface area contributed by atoms with Crippen LogP contribution in [-0.2, 0) is 4.79 Å². The molecule has 0 spiro atoms. The Morgan fingerprint density at radius 3 is 2.90 bits per heavy atom. The molecule has 1 aromatic carbocycles. The predicted octanol–water partition coefficient (Wildman–Crippen LogP) is 2.65. The summed E-state index contributed by atoms with van der Waals surface area (Å²) in [6, 6.07) is 7.86. The summed E-state index contributed by atoms with van der Waals surface area (Å²) >= 11 is 0. The molecule has 0 bridgehead atoms. The molecule has 1 amide bonds. The first-order valence-electron chi connectivity index (χ1n) is 7.83. The first-order valence-corrected chi connectivity index (χ1v) is 7.83. The molecule has 0 aliphatic carbocycles. The zero-order chi connectivity index (χ0) is 15.1. The summed E-state index contributed by atoms with van der Waals surface area (Å²) < 4.78 is 5.22. The minimum Gasteiger partial charge on any atom is -0.497 e. The molecular formula is C17H26N2O2. The number of hydrogen-bond acceptors (Lipinski definition) is 3. The second kappa shape index (κ2) is 8.03. The molecular weight excluding hydrogens is 264 g/mol. The van der Waals surface area contributed by atoms with Crippen LogP contribution < -0.4 is 15.4 Å². The Kier molecular flexibility index (Phi) is 6.05. The van der Waals surface area contributed by atoms with E-state index in [0.29, 0.717) is 12.3 Å². The maximum absolute atomic E-state index is 12.1. The van der Waals surface area contributed by atoms with Gasteiger partial charge in [0, 0.05) is 6.42 Å². The summed E-state index contributed by atoms with van der Waals surface area (Å²) in [6.45, 7) is 4.19. The first kappa shape index (κ1) is 15.8. The average molecular weight is 290 g/mol. The molecule has 0 aromatic heterocycles. The van der Waals surface area contributed by atoms with Gasteiger partial charge in [0.15, 0.2) is 0 Å². The standard InChI is InChI=1S/C17H26N2O2/c1-13(15-4-3-5-16(12-15)21-2)19-17(20)7-6-14-8-10-18-11-9-14/h3-5,12-14,18H,6-11H2,1-2H3,(H,19,20)/t13-/m1/s1. The fourth-order valence-electron chi connectivity index (χ4n) is 2.81. The lowest BCUT2D eigenvalue weighted by Crippen LogP contribution is -2.30. The highest BCUT2D eigenvalue weighted by Gasteiger charge is 2.16. The highest BCUT2D eigenvalue weighted by atomic mass is 16.5.